The van der Waals surface area contributed by atoms with Crippen LogP contribution in [0, 0.1) is 11.8 Å². The zero-order valence-corrected chi connectivity index (χ0v) is 11.6. The molecule has 0 amide bonds. The third-order valence-electron chi connectivity index (χ3n) is 4.89. The van der Waals surface area contributed by atoms with Crippen LogP contribution in [-0.4, -0.2) is 5.97 Å². The van der Waals surface area contributed by atoms with Crippen LogP contribution in [-0.2, 0) is 4.79 Å². The van der Waals surface area contributed by atoms with Gasteiger partial charge in [0.15, 0.2) is 0 Å². The fraction of sp³-hybridized carbons (Fsp3) is 0.389. The lowest BCUT2D eigenvalue weighted by Crippen LogP contribution is -2.02. The summed E-state index contributed by atoms with van der Waals surface area (Å²) in [5.41, 5.74) is 1.38. The van der Waals surface area contributed by atoms with Crippen LogP contribution in [0.15, 0.2) is 36.4 Å². The van der Waals surface area contributed by atoms with Crippen LogP contribution in [0.4, 0.5) is 0 Å². The molecule has 2 nitrogen and oxygen atoms in total. The Kier molecular flexibility index (Phi) is 2.59. The van der Waals surface area contributed by atoms with Gasteiger partial charge in [-0.05, 0) is 59.1 Å². The molecule has 0 aromatic heterocycles. The molecule has 0 saturated heterocycles. The van der Waals surface area contributed by atoms with Gasteiger partial charge in [-0.2, -0.15) is 0 Å². The monoisotopic (exact) mass is 266 g/mol. The molecule has 20 heavy (non-hydrogen) atoms. The number of hydrogen-bond donors (Lipinski definition) is 0. The lowest BCUT2D eigenvalue weighted by Gasteiger charge is -2.11. The quantitative estimate of drug-likeness (QED) is 0.599. The molecular formula is C18H18O2. The maximum absolute atomic E-state index is 11.2. The highest BCUT2D eigenvalue weighted by Gasteiger charge is 2.53. The van der Waals surface area contributed by atoms with Gasteiger partial charge in [-0.15, -0.1) is 0 Å². The first kappa shape index (κ1) is 12.0. The second-order valence-electron chi connectivity index (χ2n) is 6.11. The Balaban J connectivity index is 1.82. The van der Waals surface area contributed by atoms with Gasteiger partial charge in [0.25, 0.3) is 0 Å². The number of benzene rings is 2. The van der Waals surface area contributed by atoms with Gasteiger partial charge in [0.2, 0.25) is 0 Å². The van der Waals surface area contributed by atoms with E-state index in [1.165, 1.54) is 42.5 Å². The number of fused-ring (bicyclic) bond motifs is 2. The van der Waals surface area contributed by atoms with Gasteiger partial charge in [-0.1, -0.05) is 30.7 Å². The zero-order chi connectivity index (χ0) is 13.7. The third kappa shape index (κ3) is 1.82. The van der Waals surface area contributed by atoms with E-state index in [2.05, 4.69) is 24.3 Å². The van der Waals surface area contributed by atoms with Crippen molar-refractivity contribution in [2.75, 3.05) is 0 Å². The van der Waals surface area contributed by atoms with Crippen molar-refractivity contribution in [1.29, 1.82) is 0 Å². The van der Waals surface area contributed by atoms with Gasteiger partial charge in [0.1, 0.15) is 5.75 Å². The molecule has 0 bridgehead atoms. The average Bonchev–Trinajstić information content (AvgIpc) is 2.89. The molecule has 2 aliphatic carbocycles. The number of carbonyl (C=O) groups is 1. The minimum atomic E-state index is -0.248. The van der Waals surface area contributed by atoms with Gasteiger partial charge >= 0.3 is 5.97 Å². The Morgan fingerprint density at radius 1 is 1.15 bits per heavy atom. The highest BCUT2D eigenvalue weighted by molar-refractivity contribution is 5.88. The molecule has 0 spiro atoms. The summed E-state index contributed by atoms with van der Waals surface area (Å²) in [5.74, 6) is 2.86. The van der Waals surface area contributed by atoms with E-state index >= 15 is 0 Å². The van der Waals surface area contributed by atoms with Gasteiger partial charge in [-0.25, -0.2) is 0 Å². The molecular weight excluding hydrogens is 248 g/mol. The van der Waals surface area contributed by atoms with Crippen LogP contribution in [0.5, 0.6) is 5.75 Å². The molecule has 2 saturated carbocycles. The summed E-state index contributed by atoms with van der Waals surface area (Å²) in [5, 5.41) is 2.49. The predicted octanol–water partition coefficient (Wildman–Crippen LogP) is 4.28. The lowest BCUT2D eigenvalue weighted by molar-refractivity contribution is -0.131. The van der Waals surface area contributed by atoms with E-state index in [1.807, 2.05) is 12.1 Å². The number of carbonyl (C=O) groups excluding carboxylic acids is 1. The van der Waals surface area contributed by atoms with Crippen molar-refractivity contribution in [2.24, 2.45) is 11.8 Å². The van der Waals surface area contributed by atoms with E-state index in [1.54, 1.807) is 0 Å². The summed E-state index contributed by atoms with van der Waals surface area (Å²) in [7, 11) is 0. The van der Waals surface area contributed by atoms with Crippen molar-refractivity contribution in [1.82, 2.24) is 0 Å². The molecule has 2 aromatic rings. The Morgan fingerprint density at radius 3 is 2.65 bits per heavy atom. The Bertz CT molecular complexity index is 679. The van der Waals surface area contributed by atoms with Crippen LogP contribution in [0.3, 0.4) is 0 Å². The van der Waals surface area contributed by atoms with Crippen molar-refractivity contribution in [2.45, 2.75) is 32.1 Å². The third-order valence-corrected chi connectivity index (χ3v) is 4.89. The average molecular weight is 266 g/mol. The first-order valence-electron chi connectivity index (χ1n) is 7.45. The molecule has 2 unspecified atom stereocenters. The number of ether oxygens (including phenoxy) is 1. The molecule has 2 heteroatoms. The minimum Gasteiger partial charge on any atom is -0.427 e. The van der Waals surface area contributed by atoms with E-state index in [-0.39, 0.29) is 5.97 Å². The van der Waals surface area contributed by atoms with Crippen LogP contribution in [0.25, 0.3) is 10.8 Å². The highest BCUT2D eigenvalue weighted by atomic mass is 16.5. The van der Waals surface area contributed by atoms with Gasteiger partial charge in [-0.3, -0.25) is 4.79 Å². The van der Waals surface area contributed by atoms with Crippen molar-refractivity contribution < 1.29 is 9.53 Å². The predicted molar refractivity (Wildman–Crippen MR) is 78.8 cm³/mol. The number of esters is 1. The second-order valence-corrected chi connectivity index (χ2v) is 6.11. The topological polar surface area (TPSA) is 26.3 Å². The molecule has 2 aromatic carbocycles. The maximum Gasteiger partial charge on any atom is 0.308 e. The van der Waals surface area contributed by atoms with Crippen molar-refractivity contribution in [3.05, 3.63) is 42.0 Å². The van der Waals surface area contributed by atoms with Gasteiger partial charge in [0, 0.05) is 6.92 Å². The van der Waals surface area contributed by atoms with Crippen LogP contribution >= 0.6 is 0 Å². The Hall–Kier alpha value is -1.83. The molecule has 2 atom stereocenters. The van der Waals surface area contributed by atoms with Crippen molar-refractivity contribution >= 4 is 16.7 Å². The minimum absolute atomic E-state index is 0.248. The number of hydrogen-bond acceptors (Lipinski definition) is 2. The summed E-state index contributed by atoms with van der Waals surface area (Å²) in [4.78, 5) is 11.2. The maximum atomic E-state index is 11.2. The molecule has 2 fully saturated rings. The number of rotatable bonds is 2. The highest BCUT2D eigenvalue weighted by Crippen LogP contribution is 2.64. The molecule has 0 radical (unpaired) electrons. The van der Waals surface area contributed by atoms with E-state index in [0.29, 0.717) is 11.7 Å². The largest absolute Gasteiger partial charge is 0.427 e. The second kappa shape index (κ2) is 4.34. The Labute approximate surface area is 118 Å². The molecule has 2 aliphatic rings. The summed E-state index contributed by atoms with van der Waals surface area (Å²) in [6.45, 7) is 1.46. The van der Waals surface area contributed by atoms with E-state index in [9.17, 15) is 4.79 Å². The first-order valence-corrected chi connectivity index (χ1v) is 7.45. The van der Waals surface area contributed by atoms with E-state index < -0.39 is 0 Å². The normalized spacial score (nSPS) is 27.4. The molecule has 0 N–H and O–H groups in total. The van der Waals surface area contributed by atoms with E-state index in [0.717, 1.165) is 11.8 Å². The van der Waals surface area contributed by atoms with Gasteiger partial charge in [0.05, 0.1) is 0 Å². The lowest BCUT2D eigenvalue weighted by atomic mass is 9.96. The van der Waals surface area contributed by atoms with E-state index in [4.69, 9.17) is 4.74 Å². The van der Waals surface area contributed by atoms with Gasteiger partial charge < -0.3 is 4.74 Å². The zero-order valence-electron chi connectivity index (χ0n) is 11.6. The van der Waals surface area contributed by atoms with Crippen LogP contribution in [0.1, 0.15) is 37.7 Å². The standard InChI is InChI=1S/C18H18O2/c1-11(19)20-13-9-12-5-2-3-6-14(12)17(10-13)18-15-7-4-8-16(15)18/h2-3,5-6,9-10,15-16,18H,4,7-8H2,1H3. The molecule has 4 rings (SSSR count). The van der Waals surface area contributed by atoms with Crippen molar-refractivity contribution in [3.63, 3.8) is 0 Å². The van der Waals surface area contributed by atoms with Crippen LogP contribution < -0.4 is 4.74 Å². The summed E-state index contributed by atoms with van der Waals surface area (Å²) < 4.78 is 5.32. The summed E-state index contributed by atoms with van der Waals surface area (Å²) in [6, 6.07) is 12.5. The van der Waals surface area contributed by atoms with Crippen molar-refractivity contribution in [3.8, 4) is 5.75 Å². The first-order chi connectivity index (χ1) is 9.74. The molecule has 0 aliphatic heterocycles. The fourth-order valence-electron chi connectivity index (χ4n) is 4.10. The molecule has 102 valence electrons. The molecule has 0 heterocycles. The fourth-order valence-corrected chi connectivity index (χ4v) is 4.10. The summed E-state index contributed by atoms with van der Waals surface area (Å²) >= 11 is 0. The Morgan fingerprint density at radius 2 is 1.90 bits per heavy atom. The smallest absolute Gasteiger partial charge is 0.308 e. The van der Waals surface area contributed by atoms with Crippen LogP contribution in [0.2, 0.25) is 0 Å². The summed E-state index contributed by atoms with van der Waals surface area (Å²) in [6.07, 6.45) is 4.11. The SMILES string of the molecule is CC(=O)Oc1cc(C2C3CCCC32)c2ccccc2c1.